The van der Waals surface area contributed by atoms with E-state index in [4.69, 9.17) is 27.3 Å². The van der Waals surface area contributed by atoms with Crippen LogP contribution in [0.1, 0.15) is 0 Å². The van der Waals surface area contributed by atoms with Crippen LogP contribution in [-0.2, 0) is 9.47 Å². The Morgan fingerprint density at radius 3 is 1.67 bits per heavy atom. The minimum Gasteiger partial charge on any atom is -0.356 e. The molecule has 2 nitrogen and oxygen atoms in total. The highest BCUT2D eigenvalue weighted by Crippen LogP contribution is 2.13. The van der Waals surface area contributed by atoms with Crippen LogP contribution in [0.25, 0.3) is 0 Å². The lowest BCUT2D eigenvalue weighted by Gasteiger charge is -2.26. The monoisotopic (exact) mass is 144 g/mol. The molecule has 9 heavy (non-hydrogen) atoms. The molecule has 0 aliphatic rings. The molecule has 0 aromatic rings. The van der Waals surface area contributed by atoms with Crippen LogP contribution in [0.4, 0.5) is 0 Å². The first-order valence-corrected chi connectivity index (χ1v) is 2.72. The van der Waals surface area contributed by atoms with Gasteiger partial charge in [-0.1, -0.05) is 0 Å². The zero-order chi connectivity index (χ0) is 7.49. The topological polar surface area (TPSA) is 18.5 Å². The quantitative estimate of drug-likeness (QED) is 0.311. The van der Waals surface area contributed by atoms with Gasteiger partial charge in [-0.2, -0.15) is 0 Å². The highest BCUT2D eigenvalue weighted by Gasteiger charge is 2.24. The van der Waals surface area contributed by atoms with E-state index in [0.717, 1.165) is 0 Å². The molecule has 0 heterocycles. The number of hydrogen-bond donors (Lipinski definition) is 0. The van der Waals surface area contributed by atoms with Gasteiger partial charge in [0.1, 0.15) is 0 Å². The van der Waals surface area contributed by atoms with Gasteiger partial charge >= 0.3 is 0 Å². The lowest BCUT2D eigenvalue weighted by atomic mass is 9.69. The summed E-state index contributed by atoms with van der Waals surface area (Å²) in [5.41, 5.74) is 0. The third-order valence-electron chi connectivity index (χ3n) is 0.789. The molecule has 5 heteroatoms. The highest BCUT2D eigenvalue weighted by molar-refractivity contribution is 6.62. The molecule has 48 valence electrons. The first kappa shape index (κ1) is 9.34. The molecule has 0 N–H and O–H groups in total. The molecule has 0 fully saturated rings. The summed E-state index contributed by atoms with van der Waals surface area (Å²) >= 11 is 5.40. The molecule has 0 saturated heterocycles. The molecule has 0 amide bonds. The van der Waals surface area contributed by atoms with Crippen molar-refractivity contribution in [2.24, 2.45) is 0 Å². The smallest absolute Gasteiger partial charge is 0.159 e. The summed E-state index contributed by atoms with van der Waals surface area (Å²) < 4.78 is 7.86. The van der Waals surface area contributed by atoms with Crippen molar-refractivity contribution < 1.29 is 9.47 Å². The molecule has 0 aliphatic carbocycles. The zero-order valence-electron chi connectivity index (χ0n) is 5.43. The first-order chi connectivity index (χ1) is 4.02. The Bertz CT molecular complexity index is 79.1. The lowest BCUT2D eigenvalue weighted by Crippen LogP contribution is -2.40. The van der Waals surface area contributed by atoms with Crippen molar-refractivity contribution in [1.29, 1.82) is 0 Å². The zero-order valence-corrected chi connectivity index (χ0v) is 6.18. The summed E-state index contributed by atoms with van der Waals surface area (Å²) in [6.45, 7) is 0. The Hall–Kier alpha value is 0.340. The fourth-order valence-electron chi connectivity index (χ4n) is 0.457. The van der Waals surface area contributed by atoms with Gasteiger partial charge in [0, 0.05) is 18.9 Å². The number of alkyl halides is 1. The van der Waals surface area contributed by atoms with Gasteiger partial charge in [0.2, 0.25) is 0 Å². The van der Waals surface area contributed by atoms with Gasteiger partial charge in [0.15, 0.2) is 6.29 Å². The Morgan fingerprint density at radius 2 is 1.67 bits per heavy atom. The second-order valence-corrected chi connectivity index (χ2v) is 2.29. The van der Waals surface area contributed by atoms with E-state index >= 15 is 0 Å². The average Bonchev–Trinajstić information content (AvgIpc) is 1.65. The van der Waals surface area contributed by atoms with Crippen molar-refractivity contribution in [3.05, 3.63) is 0 Å². The molecule has 0 rings (SSSR count). The van der Waals surface area contributed by atoms with Crippen molar-refractivity contribution in [3.63, 3.8) is 0 Å². The predicted octanol–water partition coefficient (Wildman–Crippen LogP) is -0.165. The van der Waals surface area contributed by atoms with Gasteiger partial charge in [0.05, 0.1) is 15.7 Å². The van der Waals surface area contributed by atoms with Crippen molar-refractivity contribution in [3.8, 4) is 0 Å². The lowest BCUT2D eigenvalue weighted by molar-refractivity contribution is -0.0983. The van der Waals surface area contributed by atoms with Crippen molar-refractivity contribution >= 4 is 27.3 Å². The maximum Gasteiger partial charge on any atom is 0.159 e. The fraction of sp³-hybridized carbons (Fsp3) is 1.00. The Kier molecular flexibility index (Phi) is 3.63. The van der Waals surface area contributed by atoms with Gasteiger partial charge in [-0.25, -0.2) is 0 Å². The van der Waals surface area contributed by atoms with Crippen LogP contribution in [0.15, 0.2) is 0 Å². The number of rotatable bonds is 3. The van der Waals surface area contributed by atoms with Crippen LogP contribution < -0.4 is 0 Å². The van der Waals surface area contributed by atoms with Crippen LogP contribution >= 0.6 is 11.6 Å². The summed E-state index contributed by atoms with van der Waals surface area (Å²) in [6.07, 6.45) is -0.779. The van der Waals surface area contributed by atoms with E-state index in [0.29, 0.717) is 0 Å². The fourth-order valence-corrected chi connectivity index (χ4v) is 0.636. The van der Waals surface area contributed by atoms with Crippen LogP contribution in [0.5, 0.6) is 0 Å². The summed E-state index contributed by atoms with van der Waals surface area (Å²) in [6, 6.07) is 0. The molecule has 0 atom stereocenters. The maximum absolute atomic E-state index is 5.40. The Labute approximate surface area is 62.7 Å². The molecule has 0 aliphatic heterocycles. The standard InChI is InChI=1S/C4H7B2ClO2/c1-8-3(9-2)4(5,6)7/h3H,1-2H3. The largest absolute Gasteiger partial charge is 0.356 e. The van der Waals surface area contributed by atoms with Crippen molar-refractivity contribution in [2.45, 2.75) is 11.0 Å². The third-order valence-corrected chi connectivity index (χ3v) is 0.968. The average molecular weight is 144 g/mol. The second kappa shape index (κ2) is 3.49. The Morgan fingerprint density at radius 1 is 1.33 bits per heavy atom. The number of methoxy groups -OCH3 is 2. The molecule has 0 saturated carbocycles. The molecule has 0 aromatic carbocycles. The van der Waals surface area contributed by atoms with E-state index in [1.54, 1.807) is 0 Å². The number of halogens is 1. The van der Waals surface area contributed by atoms with Gasteiger partial charge in [-0.15, -0.1) is 11.6 Å². The van der Waals surface area contributed by atoms with E-state index in [9.17, 15) is 0 Å². The molecule has 0 bridgehead atoms. The molecule has 4 radical (unpaired) electrons. The van der Waals surface area contributed by atoms with Gasteiger partial charge in [0.25, 0.3) is 0 Å². The van der Waals surface area contributed by atoms with Crippen LogP contribution in [0, 0.1) is 0 Å². The van der Waals surface area contributed by atoms with Crippen LogP contribution in [0.2, 0.25) is 0 Å². The highest BCUT2D eigenvalue weighted by atomic mass is 35.5. The summed E-state index contributed by atoms with van der Waals surface area (Å²) in [5.74, 6) is 0. The van der Waals surface area contributed by atoms with E-state index < -0.39 is 11.0 Å². The van der Waals surface area contributed by atoms with Crippen molar-refractivity contribution in [1.82, 2.24) is 0 Å². The minimum atomic E-state index is -1.45. The SMILES string of the molecule is [B]C([B])(Cl)C(OC)OC. The maximum atomic E-state index is 5.40. The molecular weight excluding hydrogens is 137 g/mol. The first-order valence-electron chi connectivity index (χ1n) is 2.34. The van der Waals surface area contributed by atoms with Gasteiger partial charge < -0.3 is 9.47 Å². The van der Waals surface area contributed by atoms with E-state index in [1.165, 1.54) is 14.2 Å². The molecule has 0 unspecified atom stereocenters. The summed E-state index contributed by atoms with van der Waals surface area (Å²) in [5, 5.41) is 0. The predicted molar refractivity (Wildman–Crippen MR) is 37.9 cm³/mol. The van der Waals surface area contributed by atoms with E-state index in [2.05, 4.69) is 9.47 Å². The Balaban J connectivity index is 3.79. The molecule has 0 spiro atoms. The summed E-state index contributed by atoms with van der Waals surface area (Å²) in [4.78, 5) is 0. The van der Waals surface area contributed by atoms with Crippen LogP contribution in [0.3, 0.4) is 0 Å². The molecule has 0 aromatic heterocycles. The number of hydrogen-bond acceptors (Lipinski definition) is 2. The third kappa shape index (κ3) is 3.14. The summed E-state index contributed by atoms with van der Waals surface area (Å²) in [7, 11) is 13.2. The van der Waals surface area contributed by atoms with E-state index in [-0.39, 0.29) is 0 Å². The van der Waals surface area contributed by atoms with Gasteiger partial charge in [-0.05, 0) is 0 Å². The normalized spacial score (nSPS) is 12.4. The molecular formula is C4H7B2ClO2. The van der Waals surface area contributed by atoms with Crippen molar-refractivity contribution in [2.75, 3.05) is 14.2 Å². The van der Waals surface area contributed by atoms with Gasteiger partial charge in [-0.3, -0.25) is 0 Å². The number of ether oxygens (including phenoxy) is 2. The minimum absolute atomic E-state index is 0.779. The van der Waals surface area contributed by atoms with E-state index in [1.807, 2.05) is 0 Å². The second-order valence-electron chi connectivity index (χ2n) is 1.63. The van der Waals surface area contributed by atoms with Crippen LogP contribution in [-0.4, -0.2) is 40.9 Å².